The van der Waals surface area contributed by atoms with Gasteiger partial charge < -0.3 is 10.1 Å². The largest absolute Gasteiger partial charge is 0.408 e. The van der Waals surface area contributed by atoms with Gasteiger partial charge in [0.25, 0.3) is 0 Å². The van der Waals surface area contributed by atoms with Crippen molar-refractivity contribution in [1.82, 2.24) is 19.6 Å². The molecule has 0 saturated carbocycles. The fourth-order valence-electron chi connectivity index (χ4n) is 1.57. The highest BCUT2D eigenvalue weighted by molar-refractivity contribution is 6.32. The number of aromatic nitrogens is 4. The standard InChI is InChI=1S/C9H10ClN5O2/c1-6-7(3-13(2)11-6)4-14-5-8(10)9(12-14)15(16)17/h3,5H,4H2,1-2H3. The summed E-state index contributed by atoms with van der Waals surface area (Å²) in [7, 11) is 1.81. The van der Waals surface area contributed by atoms with Gasteiger partial charge in [0.05, 0.1) is 23.5 Å². The smallest absolute Gasteiger partial charge is 0.358 e. The van der Waals surface area contributed by atoms with Gasteiger partial charge in [0.1, 0.15) is 0 Å². The first-order chi connectivity index (χ1) is 7.97. The molecule has 90 valence electrons. The molecule has 2 heterocycles. The third-order valence-corrected chi connectivity index (χ3v) is 2.59. The van der Waals surface area contributed by atoms with Gasteiger partial charge in [-0.15, -0.1) is 0 Å². The predicted octanol–water partition coefficient (Wildman–Crippen LogP) is 1.53. The van der Waals surface area contributed by atoms with Crippen LogP contribution in [-0.4, -0.2) is 24.5 Å². The SMILES string of the molecule is Cc1nn(C)cc1Cn1cc(Cl)c([N+](=O)[O-])n1. The summed E-state index contributed by atoms with van der Waals surface area (Å²) in [4.78, 5) is 9.99. The van der Waals surface area contributed by atoms with Crippen LogP contribution in [-0.2, 0) is 13.6 Å². The molecule has 0 saturated heterocycles. The maximum atomic E-state index is 10.6. The minimum atomic E-state index is -0.602. The van der Waals surface area contributed by atoms with Crippen molar-refractivity contribution >= 4 is 17.4 Å². The second-order valence-corrected chi connectivity index (χ2v) is 4.08. The molecular weight excluding hydrogens is 246 g/mol. The Bertz CT molecular complexity index is 574. The first-order valence-electron chi connectivity index (χ1n) is 4.84. The number of aryl methyl sites for hydroxylation is 2. The summed E-state index contributed by atoms with van der Waals surface area (Å²) in [6.07, 6.45) is 3.28. The van der Waals surface area contributed by atoms with Crippen molar-refractivity contribution in [3.8, 4) is 0 Å². The zero-order chi connectivity index (χ0) is 12.6. The van der Waals surface area contributed by atoms with Crippen LogP contribution in [0.15, 0.2) is 12.4 Å². The summed E-state index contributed by atoms with van der Waals surface area (Å²) >= 11 is 5.71. The Hall–Kier alpha value is -1.89. The zero-order valence-corrected chi connectivity index (χ0v) is 10.0. The highest BCUT2D eigenvalue weighted by Crippen LogP contribution is 2.22. The lowest BCUT2D eigenvalue weighted by molar-refractivity contribution is -0.389. The van der Waals surface area contributed by atoms with Crippen LogP contribution >= 0.6 is 11.6 Å². The number of rotatable bonds is 3. The summed E-state index contributed by atoms with van der Waals surface area (Å²) in [5.74, 6) is -0.326. The molecule has 17 heavy (non-hydrogen) atoms. The summed E-state index contributed by atoms with van der Waals surface area (Å²) < 4.78 is 3.12. The van der Waals surface area contributed by atoms with Gasteiger partial charge in [-0.05, 0) is 11.8 Å². The van der Waals surface area contributed by atoms with Crippen LogP contribution < -0.4 is 0 Å². The number of hydrogen-bond donors (Lipinski definition) is 0. The third-order valence-electron chi connectivity index (χ3n) is 2.32. The Kier molecular flexibility index (Phi) is 2.84. The van der Waals surface area contributed by atoms with E-state index in [9.17, 15) is 10.1 Å². The molecule has 0 radical (unpaired) electrons. The Morgan fingerprint density at radius 2 is 2.18 bits per heavy atom. The first-order valence-corrected chi connectivity index (χ1v) is 5.21. The summed E-state index contributed by atoms with van der Waals surface area (Å²) in [6, 6.07) is 0. The van der Waals surface area contributed by atoms with Gasteiger partial charge in [0.2, 0.25) is 0 Å². The summed E-state index contributed by atoms with van der Waals surface area (Å²) in [5.41, 5.74) is 1.81. The number of nitrogens with zero attached hydrogens (tertiary/aromatic N) is 5. The van der Waals surface area contributed by atoms with Crippen LogP contribution in [0.2, 0.25) is 5.02 Å². The fraction of sp³-hybridized carbons (Fsp3) is 0.333. The van der Waals surface area contributed by atoms with E-state index < -0.39 is 4.92 Å². The van der Waals surface area contributed by atoms with Crippen molar-refractivity contribution < 1.29 is 4.92 Å². The highest BCUT2D eigenvalue weighted by Gasteiger charge is 2.19. The van der Waals surface area contributed by atoms with Crippen LogP contribution in [0.3, 0.4) is 0 Å². The van der Waals surface area contributed by atoms with E-state index in [1.165, 1.54) is 10.9 Å². The van der Waals surface area contributed by atoms with Crippen molar-refractivity contribution in [3.05, 3.63) is 38.8 Å². The lowest BCUT2D eigenvalue weighted by Gasteiger charge is -1.94. The van der Waals surface area contributed by atoms with Crippen molar-refractivity contribution in [2.75, 3.05) is 0 Å². The normalized spacial score (nSPS) is 10.8. The molecule has 0 spiro atoms. The van der Waals surface area contributed by atoms with Crippen LogP contribution in [0.4, 0.5) is 5.82 Å². The molecule has 2 aromatic heterocycles. The quantitative estimate of drug-likeness (QED) is 0.615. The van der Waals surface area contributed by atoms with E-state index in [-0.39, 0.29) is 10.8 Å². The molecule has 8 heteroatoms. The molecule has 0 atom stereocenters. The van der Waals surface area contributed by atoms with E-state index in [4.69, 9.17) is 11.6 Å². The molecule has 0 bridgehead atoms. The van der Waals surface area contributed by atoms with Crippen LogP contribution in [0.1, 0.15) is 11.3 Å². The average molecular weight is 256 g/mol. The molecule has 0 amide bonds. The van der Waals surface area contributed by atoms with Crippen molar-refractivity contribution in [2.24, 2.45) is 7.05 Å². The molecule has 2 aromatic rings. The monoisotopic (exact) mass is 255 g/mol. The second-order valence-electron chi connectivity index (χ2n) is 3.67. The Balaban J connectivity index is 2.28. The maximum absolute atomic E-state index is 10.6. The topological polar surface area (TPSA) is 78.8 Å². The number of halogens is 1. The molecule has 0 aliphatic heterocycles. The van der Waals surface area contributed by atoms with Crippen molar-refractivity contribution in [3.63, 3.8) is 0 Å². The molecule has 7 nitrogen and oxygen atoms in total. The molecule has 0 aliphatic rings. The highest BCUT2D eigenvalue weighted by atomic mass is 35.5. The maximum Gasteiger partial charge on any atom is 0.408 e. The lowest BCUT2D eigenvalue weighted by atomic mass is 10.3. The van der Waals surface area contributed by atoms with Crippen LogP contribution in [0.5, 0.6) is 0 Å². The van der Waals surface area contributed by atoms with Crippen LogP contribution in [0, 0.1) is 17.0 Å². The molecule has 0 N–H and O–H groups in total. The average Bonchev–Trinajstić information content (AvgIpc) is 2.71. The third kappa shape index (κ3) is 2.28. The van der Waals surface area contributed by atoms with Crippen molar-refractivity contribution in [1.29, 1.82) is 0 Å². The Morgan fingerprint density at radius 3 is 2.65 bits per heavy atom. The predicted molar refractivity (Wildman–Crippen MR) is 60.9 cm³/mol. The molecule has 0 aliphatic carbocycles. The van der Waals surface area contributed by atoms with Gasteiger partial charge in [-0.2, -0.15) is 9.78 Å². The van der Waals surface area contributed by atoms with Gasteiger partial charge >= 0.3 is 5.82 Å². The van der Waals surface area contributed by atoms with E-state index in [0.29, 0.717) is 6.54 Å². The number of nitro groups is 1. The van der Waals surface area contributed by atoms with Gasteiger partial charge in [-0.25, -0.2) is 0 Å². The van der Waals surface area contributed by atoms with Crippen LogP contribution in [0.25, 0.3) is 0 Å². The van der Waals surface area contributed by atoms with Gasteiger partial charge in [-0.3, -0.25) is 4.68 Å². The minimum absolute atomic E-state index is 0.0385. The van der Waals surface area contributed by atoms with Gasteiger partial charge in [0.15, 0.2) is 5.02 Å². The van der Waals surface area contributed by atoms with E-state index in [1.807, 2.05) is 20.2 Å². The molecule has 0 fully saturated rings. The van der Waals surface area contributed by atoms with Gasteiger partial charge in [-0.1, -0.05) is 11.6 Å². The molecule has 0 unspecified atom stereocenters. The molecule has 2 rings (SSSR count). The lowest BCUT2D eigenvalue weighted by Crippen LogP contribution is -2.01. The first kappa shape index (κ1) is 11.6. The van der Waals surface area contributed by atoms with E-state index >= 15 is 0 Å². The summed E-state index contributed by atoms with van der Waals surface area (Å²) in [5, 5.41) is 18.6. The minimum Gasteiger partial charge on any atom is -0.358 e. The number of hydrogen-bond acceptors (Lipinski definition) is 4. The Labute approximate surface area is 102 Å². The van der Waals surface area contributed by atoms with Gasteiger partial charge in [0, 0.05) is 18.8 Å². The zero-order valence-electron chi connectivity index (χ0n) is 9.29. The molecule has 0 aromatic carbocycles. The Morgan fingerprint density at radius 1 is 1.47 bits per heavy atom. The van der Waals surface area contributed by atoms with E-state index in [1.54, 1.807) is 4.68 Å². The summed E-state index contributed by atoms with van der Waals surface area (Å²) in [6.45, 7) is 2.28. The fourth-order valence-corrected chi connectivity index (χ4v) is 1.79. The second kappa shape index (κ2) is 4.17. The molecular formula is C9H10ClN5O2. The van der Waals surface area contributed by atoms with E-state index in [0.717, 1.165) is 11.3 Å². The van der Waals surface area contributed by atoms with E-state index in [2.05, 4.69) is 10.2 Å². The van der Waals surface area contributed by atoms with Crippen molar-refractivity contribution in [2.45, 2.75) is 13.5 Å².